The van der Waals surface area contributed by atoms with Gasteiger partial charge < -0.3 is 9.30 Å². The Hall–Kier alpha value is -1.32. The Bertz CT molecular complexity index is 294. The van der Waals surface area contributed by atoms with Gasteiger partial charge in [0, 0.05) is 25.4 Å². The summed E-state index contributed by atoms with van der Waals surface area (Å²) in [6.07, 6.45) is 6.09. The van der Waals surface area contributed by atoms with Crippen LogP contribution >= 0.6 is 0 Å². The topological polar surface area (TPSA) is 44.1 Å². The molecule has 0 aliphatic carbocycles. The molecule has 0 saturated carbocycles. The number of hydrogen-bond donors (Lipinski definition) is 0. The van der Waals surface area contributed by atoms with Gasteiger partial charge in [-0.3, -0.25) is 4.79 Å². The van der Waals surface area contributed by atoms with Crippen molar-refractivity contribution in [1.29, 1.82) is 0 Å². The number of aryl methyl sites for hydroxylation is 2. The smallest absolute Gasteiger partial charge is 0.305 e. The van der Waals surface area contributed by atoms with E-state index >= 15 is 0 Å². The lowest BCUT2D eigenvalue weighted by Crippen LogP contribution is -2.02. The van der Waals surface area contributed by atoms with E-state index in [1.165, 1.54) is 7.11 Å². The Morgan fingerprint density at radius 1 is 1.57 bits per heavy atom. The van der Waals surface area contributed by atoms with Crippen molar-refractivity contribution in [2.75, 3.05) is 7.11 Å². The molecule has 14 heavy (non-hydrogen) atoms. The van der Waals surface area contributed by atoms with Gasteiger partial charge in [-0.05, 0) is 19.8 Å². The Morgan fingerprint density at radius 2 is 2.36 bits per heavy atom. The van der Waals surface area contributed by atoms with Crippen LogP contribution in [0.25, 0.3) is 0 Å². The van der Waals surface area contributed by atoms with Crippen molar-refractivity contribution in [2.45, 2.75) is 32.7 Å². The van der Waals surface area contributed by atoms with Gasteiger partial charge in [-0.25, -0.2) is 4.98 Å². The molecule has 1 rings (SSSR count). The third-order valence-electron chi connectivity index (χ3n) is 2.18. The number of hydrogen-bond acceptors (Lipinski definition) is 3. The van der Waals surface area contributed by atoms with Crippen LogP contribution in [0, 0.1) is 6.92 Å². The molecular formula is C10H16N2O2. The van der Waals surface area contributed by atoms with Gasteiger partial charge in [-0.2, -0.15) is 0 Å². The van der Waals surface area contributed by atoms with E-state index in [1.807, 2.05) is 13.1 Å². The van der Waals surface area contributed by atoms with Crippen molar-refractivity contribution in [3.8, 4) is 0 Å². The standard InChI is InChI=1S/C10H16N2O2/c1-9-11-6-8-12(9)7-4-3-5-10(13)14-2/h6,8H,3-5,7H2,1-2H3. The molecule has 78 valence electrons. The molecule has 1 aromatic rings. The molecule has 0 fully saturated rings. The third kappa shape index (κ3) is 3.20. The van der Waals surface area contributed by atoms with Gasteiger partial charge in [0.25, 0.3) is 0 Å². The fourth-order valence-corrected chi connectivity index (χ4v) is 1.29. The zero-order valence-electron chi connectivity index (χ0n) is 8.69. The minimum Gasteiger partial charge on any atom is -0.469 e. The van der Waals surface area contributed by atoms with E-state index in [0.717, 1.165) is 25.2 Å². The van der Waals surface area contributed by atoms with E-state index < -0.39 is 0 Å². The quantitative estimate of drug-likeness (QED) is 0.530. The van der Waals surface area contributed by atoms with Crippen LogP contribution in [-0.4, -0.2) is 22.6 Å². The fraction of sp³-hybridized carbons (Fsp3) is 0.600. The largest absolute Gasteiger partial charge is 0.469 e. The molecule has 1 aromatic heterocycles. The third-order valence-corrected chi connectivity index (χ3v) is 2.18. The van der Waals surface area contributed by atoms with E-state index in [2.05, 4.69) is 14.3 Å². The summed E-state index contributed by atoms with van der Waals surface area (Å²) in [7, 11) is 1.42. The summed E-state index contributed by atoms with van der Waals surface area (Å²) in [5.74, 6) is 0.885. The van der Waals surface area contributed by atoms with E-state index in [9.17, 15) is 4.79 Å². The Morgan fingerprint density at radius 3 is 2.93 bits per heavy atom. The van der Waals surface area contributed by atoms with Gasteiger partial charge in [-0.15, -0.1) is 0 Å². The number of nitrogens with zero attached hydrogens (tertiary/aromatic N) is 2. The molecule has 0 radical (unpaired) electrons. The van der Waals surface area contributed by atoms with E-state index in [1.54, 1.807) is 6.20 Å². The van der Waals surface area contributed by atoms with Gasteiger partial charge in [-0.1, -0.05) is 0 Å². The molecule has 0 aliphatic heterocycles. The summed E-state index contributed by atoms with van der Waals surface area (Å²) in [6.45, 7) is 2.89. The highest BCUT2D eigenvalue weighted by Gasteiger charge is 2.00. The van der Waals surface area contributed by atoms with Gasteiger partial charge in [0.15, 0.2) is 0 Å². The van der Waals surface area contributed by atoms with Crippen LogP contribution in [0.15, 0.2) is 12.4 Å². The number of ether oxygens (including phenoxy) is 1. The molecule has 0 bridgehead atoms. The average Bonchev–Trinajstić information content (AvgIpc) is 2.58. The lowest BCUT2D eigenvalue weighted by Gasteiger charge is -2.03. The molecule has 0 aliphatic rings. The maximum Gasteiger partial charge on any atom is 0.305 e. The van der Waals surface area contributed by atoms with Crippen LogP contribution in [0.4, 0.5) is 0 Å². The average molecular weight is 196 g/mol. The minimum absolute atomic E-state index is 0.132. The molecule has 0 spiro atoms. The summed E-state index contributed by atoms with van der Waals surface area (Å²) < 4.78 is 6.63. The van der Waals surface area contributed by atoms with Crippen LogP contribution in [0.3, 0.4) is 0 Å². The second-order valence-corrected chi connectivity index (χ2v) is 3.20. The lowest BCUT2D eigenvalue weighted by atomic mass is 10.2. The Kier molecular flexibility index (Phi) is 4.16. The maximum atomic E-state index is 10.8. The highest BCUT2D eigenvalue weighted by atomic mass is 16.5. The monoisotopic (exact) mass is 196 g/mol. The van der Waals surface area contributed by atoms with Crippen LogP contribution in [0.5, 0.6) is 0 Å². The summed E-state index contributed by atoms with van der Waals surface area (Å²) in [6, 6.07) is 0. The molecule has 0 aromatic carbocycles. The van der Waals surface area contributed by atoms with Gasteiger partial charge in [0.1, 0.15) is 5.82 Å². The maximum absolute atomic E-state index is 10.8. The number of rotatable bonds is 5. The van der Waals surface area contributed by atoms with Crippen molar-refractivity contribution in [1.82, 2.24) is 9.55 Å². The SMILES string of the molecule is COC(=O)CCCCn1ccnc1C. The zero-order chi connectivity index (χ0) is 10.4. The van der Waals surface area contributed by atoms with Crippen LogP contribution < -0.4 is 0 Å². The van der Waals surface area contributed by atoms with Crippen molar-refractivity contribution in [3.63, 3.8) is 0 Å². The molecule has 0 unspecified atom stereocenters. The second kappa shape index (κ2) is 5.42. The molecule has 0 saturated heterocycles. The van der Waals surface area contributed by atoms with Gasteiger partial charge >= 0.3 is 5.97 Å². The van der Waals surface area contributed by atoms with Gasteiger partial charge in [0.05, 0.1) is 7.11 Å². The Labute approximate surface area is 83.9 Å². The highest BCUT2D eigenvalue weighted by molar-refractivity contribution is 5.68. The van der Waals surface area contributed by atoms with E-state index in [4.69, 9.17) is 0 Å². The van der Waals surface area contributed by atoms with Crippen molar-refractivity contribution in [2.24, 2.45) is 0 Å². The summed E-state index contributed by atoms with van der Waals surface area (Å²) in [5.41, 5.74) is 0. The summed E-state index contributed by atoms with van der Waals surface area (Å²) in [4.78, 5) is 14.9. The molecule has 4 heteroatoms. The van der Waals surface area contributed by atoms with Crippen molar-refractivity contribution >= 4 is 5.97 Å². The Balaban J connectivity index is 2.16. The first-order chi connectivity index (χ1) is 6.74. The van der Waals surface area contributed by atoms with Crippen molar-refractivity contribution in [3.05, 3.63) is 18.2 Å². The normalized spacial score (nSPS) is 10.1. The van der Waals surface area contributed by atoms with Crippen LogP contribution in [0.1, 0.15) is 25.1 Å². The van der Waals surface area contributed by atoms with Crippen LogP contribution in [0.2, 0.25) is 0 Å². The van der Waals surface area contributed by atoms with Gasteiger partial charge in [0.2, 0.25) is 0 Å². The number of esters is 1. The first kappa shape index (κ1) is 10.8. The van der Waals surface area contributed by atoms with Crippen molar-refractivity contribution < 1.29 is 9.53 Å². The number of aromatic nitrogens is 2. The molecular weight excluding hydrogens is 180 g/mol. The summed E-state index contributed by atoms with van der Waals surface area (Å²) >= 11 is 0. The lowest BCUT2D eigenvalue weighted by molar-refractivity contribution is -0.140. The molecule has 4 nitrogen and oxygen atoms in total. The number of methoxy groups -OCH3 is 1. The van der Waals surface area contributed by atoms with Crippen LogP contribution in [-0.2, 0) is 16.1 Å². The summed E-state index contributed by atoms with van der Waals surface area (Å²) in [5, 5.41) is 0. The molecule has 0 N–H and O–H groups in total. The minimum atomic E-state index is -0.132. The second-order valence-electron chi connectivity index (χ2n) is 3.20. The zero-order valence-corrected chi connectivity index (χ0v) is 8.69. The number of carbonyl (C=O) groups excluding carboxylic acids is 1. The molecule has 0 amide bonds. The molecule has 0 atom stereocenters. The van der Waals surface area contributed by atoms with E-state index in [0.29, 0.717) is 6.42 Å². The number of imidazole rings is 1. The number of unbranched alkanes of at least 4 members (excludes halogenated alkanes) is 1. The van der Waals surface area contributed by atoms with E-state index in [-0.39, 0.29) is 5.97 Å². The fourth-order valence-electron chi connectivity index (χ4n) is 1.29. The predicted octanol–water partition coefficient (Wildman–Crippen LogP) is 1.53. The number of carbonyl (C=O) groups is 1. The first-order valence-corrected chi connectivity index (χ1v) is 4.78. The predicted molar refractivity (Wildman–Crippen MR) is 52.8 cm³/mol. The highest BCUT2D eigenvalue weighted by Crippen LogP contribution is 2.02. The molecule has 1 heterocycles. The first-order valence-electron chi connectivity index (χ1n) is 4.78.